The van der Waals surface area contributed by atoms with Gasteiger partial charge in [0.05, 0.1) is 6.61 Å². The molecule has 0 saturated heterocycles. The van der Waals surface area contributed by atoms with E-state index in [-0.39, 0.29) is 6.61 Å². The topological polar surface area (TPSA) is 35.5 Å². The number of hydrogen-bond acceptors (Lipinski definition) is 3. The van der Waals surface area contributed by atoms with Crippen molar-refractivity contribution in [1.29, 1.82) is 0 Å². The molecule has 0 aliphatic carbocycles. The molecule has 2 N–H and O–H groups in total. The average Bonchev–Trinajstić information content (AvgIpc) is 2.30. The summed E-state index contributed by atoms with van der Waals surface area (Å²) in [5, 5.41) is 12.1. The highest BCUT2D eigenvalue weighted by Crippen LogP contribution is 2.15. The highest BCUT2D eigenvalue weighted by molar-refractivity contribution is 5.47. The van der Waals surface area contributed by atoms with Gasteiger partial charge in [0.15, 0.2) is 0 Å². The lowest BCUT2D eigenvalue weighted by Crippen LogP contribution is -2.27. The summed E-state index contributed by atoms with van der Waals surface area (Å²) in [5.41, 5.74) is 2.47. The first-order valence-corrected chi connectivity index (χ1v) is 5.91. The van der Waals surface area contributed by atoms with E-state index in [1.54, 1.807) is 0 Å². The number of nitrogens with one attached hydrogen (secondary N) is 1. The lowest BCUT2D eigenvalue weighted by Gasteiger charge is -2.23. The van der Waals surface area contributed by atoms with Crippen LogP contribution >= 0.6 is 0 Å². The number of aliphatic hydroxyl groups is 1. The van der Waals surface area contributed by atoms with Crippen LogP contribution in [0.15, 0.2) is 24.3 Å². The van der Waals surface area contributed by atoms with E-state index in [4.69, 9.17) is 5.11 Å². The smallest absolute Gasteiger partial charge is 0.0606 e. The maximum absolute atomic E-state index is 9.01. The van der Waals surface area contributed by atoms with Gasteiger partial charge >= 0.3 is 0 Å². The minimum Gasteiger partial charge on any atom is -0.395 e. The number of anilines is 1. The van der Waals surface area contributed by atoms with Gasteiger partial charge in [0, 0.05) is 25.3 Å². The lowest BCUT2D eigenvalue weighted by atomic mass is 10.2. The summed E-state index contributed by atoms with van der Waals surface area (Å²) in [6.45, 7) is 4.96. The third kappa shape index (κ3) is 3.83. The fourth-order valence-corrected chi connectivity index (χ4v) is 1.79. The molecular formula is C13H22N2O. The molecule has 0 saturated carbocycles. The van der Waals surface area contributed by atoms with Gasteiger partial charge in [0.1, 0.15) is 0 Å². The van der Waals surface area contributed by atoms with Gasteiger partial charge < -0.3 is 15.3 Å². The van der Waals surface area contributed by atoms with E-state index in [1.165, 1.54) is 11.3 Å². The first-order chi connectivity index (χ1) is 7.81. The lowest BCUT2D eigenvalue weighted by molar-refractivity contribution is 0.302. The summed E-state index contributed by atoms with van der Waals surface area (Å²) in [5.74, 6) is 0. The highest BCUT2D eigenvalue weighted by atomic mass is 16.3. The minimum atomic E-state index is 0.207. The standard InChI is InChI=1S/C13H22N2O/c1-3-8-15(9-10-16)13-6-4-12(5-7-13)11-14-2/h4-7,14,16H,3,8-11H2,1-2H3. The number of aliphatic hydroxyl groups excluding tert-OH is 1. The Morgan fingerprint density at radius 2 is 1.88 bits per heavy atom. The predicted octanol–water partition coefficient (Wildman–Crippen LogP) is 1.61. The van der Waals surface area contributed by atoms with Gasteiger partial charge in [-0.3, -0.25) is 0 Å². The monoisotopic (exact) mass is 222 g/mol. The van der Waals surface area contributed by atoms with E-state index >= 15 is 0 Å². The van der Waals surface area contributed by atoms with Crippen molar-refractivity contribution >= 4 is 5.69 Å². The van der Waals surface area contributed by atoms with Crippen LogP contribution in [0.1, 0.15) is 18.9 Å². The Labute approximate surface area is 98.1 Å². The number of rotatable bonds is 7. The van der Waals surface area contributed by atoms with E-state index in [0.29, 0.717) is 6.54 Å². The molecular weight excluding hydrogens is 200 g/mol. The summed E-state index contributed by atoms with van der Waals surface area (Å²) in [7, 11) is 1.95. The van der Waals surface area contributed by atoms with Crippen molar-refractivity contribution in [2.45, 2.75) is 19.9 Å². The van der Waals surface area contributed by atoms with Crippen LogP contribution in [0.25, 0.3) is 0 Å². The van der Waals surface area contributed by atoms with E-state index in [9.17, 15) is 0 Å². The molecule has 16 heavy (non-hydrogen) atoms. The summed E-state index contributed by atoms with van der Waals surface area (Å²) >= 11 is 0. The van der Waals surface area contributed by atoms with Crippen molar-refractivity contribution in [2.75, 3.05) is 31.6 Å². The van der Waals surface area contributed by atoms with Crippen LogP contribution in [0.2, 0.25) is 0 Å². The molecule has 1 rings (SSSR count). The van der Waals surface area contributed by atoms with Crippen molar-refractivity contribution in [1.82, 2.24) is 5.32 Å². The largest absolute Gasteiger partial charge is 0.395 e. The number of benzene rings is 1. The first-order valence-electron chi connectivity index (χ1n) is 5.91. The quantitative estimate of drug-likeness (QED) is 0.736. The van der Waals surface area contributed by atoms with Crippen LogP contribution in [-0.2, 0) is 6.54 Å². The Bertz CT molecular complexity index is 278. The molecule has 1 aromatic carbocycles. The van der Waals surface area contributed by atoms with Gasteiger partial charge in [-0.25, -0.2) is 0 Å². The maximum Gasteiger partial charge on any atom is 0.0606 e. The van der Waals surface area contributed by atoms with Gasteiger partial charge in [0.25, 0.3) is 0 Å². The summed E-state index contributed by atoms with van der Waals surface area (Å²) in [4.78, 5) is 2.21. The zero-order valence-corrected chi connectivity index (χ0v) is 10.2. The summed E-state index contributed by atoms with van der Waals surface area (Å²) in [6.07, 6.45) is 1.10. The molecule has 1 aromatic rings. The Morgan fingerprint density at radius 3 is 2.38 bits per heavy atom. The molecule has 3 heteroatoms. The van der Waals surface area contributed by atoms with E-state index in [0.717, 1.165) is 19.5 Å². The molecule has 0 spiro atoms. The van der Waals surface area contributed by atoms with Crippen LogP contribution in [0.5, 0.6) is 0 Å². The molecule has 0 heterocycles. The summed E-state index contributed by atoms with van der Waals surface area (Å²) < 4.78 is 0. The normalized spacial score (nSPS) is 10.4. The number of hydrogen-bond donors (Lipinski definition) is 2. The van der Waals surface area contributed by atoms with Crippen LogP contribution in [0.3, 0.4) is 0 Å². The van der Waals surface area contributed by atoms with Crippen LogP contribution in [0.4, 0.5) is 5.69 Å². The molecule has 3 nitrogen and oxygen atoms in total. The Morgan fingerprint density at radius 1 is 1.19 bits per heavy atom. The first kappa shape index (κ1) is 13.0. The van der Waals surface area contributed by atoms with Crippen molar-refractivity contribution in [3.63, 3.8) is 0 Å². The molecule has 0 aliphatic rings. The summed E-state index contributed by atoms with van der Waals surface area (Å²) in [6, 6.07) is 8.51. The van der Waals surface area contributed by atoms with E-state index in [1.807, 2.05) is 7.05 Å². The van der Waals surface area contributed by atoms with E-state index in [2.05, 4.69) is 41.4 Å². The van der Waals surface area contributed by atoms with Crippen molar-refractivity contribution in [2.24, 2.45) is 0 Å². The molecule has 0 aromatic heterocycles. The third-order valence-electron chi connectivity index (χ3n) is 2.55. The maximum atomic E-state index is 9.01. The van der Waals surface area contributed by atoms with Gasteiger partial charge in [-0.1, -0.05) is 19.1 Å². The van der Waals surface area contributed by atoms with Gasteiger partial charge in [-0.2, -0.15) is 0 Å². The highest BCUT2D eigenvalue weighted by Gasteiger charge is 2.04. The number of nitrogens with zero attached hydrogens (tertiary/aromatic N) is 1. The molecule has 0 aliphatic heterocycles. The second-order valence-corrected chi connectivity index (χ2v) is 3.91. The predicted molar refractivity (Wildman–Crippen MR) is 68.8 cm³/mol. The SMILES string of the molecule is CCCN(CCO)c1ccc(CNC)cc1. The minimum absolute atomic E-state index is 0.207. The fourth-order valence-electron chi connectivity index (χ4n) is 1.79. The zero-order valence-electron chi connectivity index (χ0n) is 10.2. The van der Waals surface area contributed by atoms with Gasteiger partial charge in [-0.05, 0) is 31.2 Å². The van der Waals surface area contributed by atoms with Crippen molar-refractivity contribution < 1.29 is 5.11 Å². The fraction of sp³-hybridized carbons (Fsp3) is 0.538. The van der Waals surface area contributed by atoms with Gasteiger partial charge in [-0.15, -0.1) is 0 Å². The van der Waals surface area contributed by atoms with E-state index < -0.39 is 0 Å². The van der Waals surface area contributed by atoms with Crippen molar-refractivity contribution in [3.05, 3.63) is 29.8 Å². The van der Waals surface area contributed by atoms with Crippen LogP contribution in [-0.4, -0.2) is 31.9 Å². The molecule has 0 unspecified atom stereocenters. The second kappa shape index (κ2) is 7.25. The molecule has 0 radical (unpaired) electrons. The zero-order chi connectivity index (χ0) is 11.8. The Hall–Kier alpha value is -1.06. The van der Waals surface area contributed by atoms with Gasteiger partial charge in [0.2, 0.25) is 0 Å². The van der Waals surface area contributed by atoms with Crippen molar-refractivity contribution in [3.8, 4) is 0 Å². The van der Waals surface area contributed by atoms with Crippen LogP contribution in [0, 0.1) is 0 Å². The molecule has 90 valence electrons. The average molecular weight is 222 g/mol. The van der Waals surface area contributed by atoms with Crippen LogP contribution < -0.4 is 10.2 Å². The Kier molecular flexibility index (Phi) is 5.90. The Balaban J connectivity index is 2.68. The molecule has 0 amide bonds. The third-order valence-corrected chi connectivity index (χ3v) is 2.55. The molecule has 0 bridgehead atoms. The second-order valence-electron chi connectivity index (χ2n) is 3.91. The molecule has 0 atom stereocenters. The molecule has 0 fully saturated rings.